The number of alkyl halides is 3. The summed E-state index contributed by atoms with van der Waals surface area (Å²) in [5.41, 5.74) is 3.59. The first-order valence-electron chi connectivity index (χ1n) is 5.94. The zero-order valence-corrected chi connectivity index (χ0v) is 12.2. The van der Waals surface area contributed by atoms with E-state index in [1.54, 1.807) is 22.6 Å². The Balaban J connectivity index is 0.000000322. The van der Waals surface area contributed by atoms with Gasteiger partial charge >= 0.3 is 12.1 Å². The van der Waals surface area contributed by atoms with Crippen molar-refractivity contribution < 1.29 is 37.7 Å². The van der Waals surface area contributed by atoms with Crippen LogP contribution in [0.1, 0.15) is 6.42 Å². The van der Waals surface area contributed by atoms with Gasteiger partial charge in [0.2, 0.25) is 0 Å². The van der Waals surface area contributed by atoms with Crippen molar-refractivity contribution in [1.29, 1.82) is 0 Å². The topological polar surface area (TPSA) is 107 Å². The SMILES string of the molecule is O=C(O)CC[n+]1ccc(-c2cscn2)cn1.O=C([O-])C(F)(F)F. The second kappa shape index (κ2) is 8.17. The Morgan fingerprint density at radius 2 is 2.04 bits per heavy atom. The van der Waals surface area contributed by atoms with Crippen LogP contribution in [0.25, 0.3) is 11.3 Å². The smallest absolute Gasteiger partial charge is 0.430 e. The van der Waals surface area contributed by atoms with E-state index in [2.05, 4.69) is 10.1 Å². The molecule has 7 nitrogen and oxygen atoms in total. The van der Waals surface area contributed by atoms with Gasteiger partial charge in [0.15, 0.2) is 12.7 Å². The molecule has 1 N–H and O–H groups in total. The fourth-order valence-electron chi connectivity index (χ4n) is 1.23. The lowest BCUT2D eigenvalue weighted by Crippen LogP contribution is -2.38. The molecule has 0 unspecified atom stereocenters. The van der Waals surface area contributed by atoms with E-state index in [9.17, 15) is 18.0 Å². The Morgan fingerprint density at radius 3 is 2.43 bits per heavy atom. The molecule has 0 bridgehead atoms. The van der Waals surface area contributed by atoms with Gasteiger partial charge in [-0.05, 0) is 5.10 Å². The lowest BCUT2D eigenvalue weighted by Gasteiger charge is -2.03. The first-order chi connectivity index (χ1) is 10.7. The number of halogens is 3. The molecule has 124 valence electrons. The van der Waals surface area contributed by atoms with Crippen LogP contribution in [0.3, 0.4) is 0 Å². The molecular formula is C12H10F3N3O4S. The number of aryl methyl sites for hydroxylation is 1. The number of aliphatic carboxylic acids is 2. The molecule has 0 aliphatic heterocycles. The fraction of sp³-hybridized carbons (Fsp3) is 0.250. The maximum Gasteiger partial charge on any atom is 0.430 e. The molecule has 11 heteroatoms. The van der Waals surface area contributed by atoms with Crippen LogP contribution in [0.4, 0.5) is 13.2 Å². The zero-order chi connectivity index (χ0) is 17.5. The molecule has 2 heterocycles. The summed E-state index contributed by atoms with van der Waals surface area (Å²) in [4.78, 5) is 23.3. The molecule has 2 aromatic rings. The van der Waals surface area contributed by atoms with Crippen molar-refractivity contribution in [3.8, 4) is 11.3 Å². The molecular weight excluding hydrogens is 339 g/mol. The van der Waals surface area contributed by atoms with Gasteiger partial charge in [0.05, 0.1) is 11.2 Å². The minimum absolute atomic E-state index is 0.0771. The highest BCUT2D eigenvalue weighted by atomic mass is 32.1. The number of rotatable bonds is 4. The van der Waals surface area contributed by atoms with Gasteiger partial charge in [-0.1, -0.05) is 4.68 Å². The van der Waals surface area contributed by atoms with E-state index < -0.39 is 18.1 Å². The molecule has 0 spiro atoms. The maximum atomic E-state index is 10.5. The molecule has 0 aromatic carbocycles. The third kappa shape index (κ3) is 6.82. The highest BCUT2D eigenvalue weighted by molar-refractivity contribution is 7.07. The minimum atomic E-state index is -5.19. The Bertz CT molecular complexity index is 645. The number of carbonyl (C=O) groups excluding carboxylic acids is 1. The maximum absolute atomic E-state index is 10.5. The van der Waals surface area contributed by atoms with Gasteiger partial charge in [-0.25, -0.2) is 4.98 Å². The van der Waals surface area contributed by atoms with E-state index >= 15 is 0 Å². The Labute approximate surface area is 131 Å². The summed E-state index contributed by atoms with van der Waals surface area (Å²) in [5, 5.41) is 23.4. The quantitative estimate of drug-likeness (QED) is 0.794. The molecule has 0 radical (unpaired) electrons. The van der Waals surface area contributed by atoms with E-state index in [4.69, 9.17) is 15.0 Å². The molecule has 0 saturated heterocycles. The number of carbonyl (C=O) groups is 2. The highest BCUT2D eigenvalue weighted by Crippen LogP contribution is 2.16. The van der Waals surface area contributed by atoms with Crippen molar-refractivity contribution in [2.24, 2.45) is 0 Å². The summed E-state index contributed by atoms with van der Waals surface area (Å²) in [6.45, 7) is 0.382. The third-order valence-electron chi connectivity index (χ3n) is 2.29. The predicted octanol–water partition coefficient (Wildman–Crippen LogP) is 0.266. The van der Waals surface area contributed by atoms with Crippen molar-refractivity contribution in [3.63, 3.8) is 0 Å². The standard InChI is InChI=1S/C10H9N3O2S.C2HF3O2/c14-10(15)2-4-13-3-1-8(5-12-13)9-6-16-7-11-9;3-2(4,5)1(6)7/h1,3,5-7H,2,4H2;(H,6,7). The van der Waals surface area contributed by atoms with Gasteiger partial charge < -0.3 is 15.0 Å². The highest BCUT2D eigenvalue weighted by Gasteiger charge is 2.28. The Hall–Kier alpha value is -2.56. The van der Waals surface area contributed by atoms with Gasteiger partial charge in [-0.2, -0.15) is 13.2 Å². The summed E-state index contributed by atoms with van der Waals surface area (Å²) in [6, 6.07) is 1.88. The van der Waals surface area contributed by atoms with Crippen LogP contribution in [-0.4, -0.2) is 33.3 Å². The van der Waals surface area contributed by atoms with Crippen LogP contribution < -0.4 is 9.79 Å². The molecule has 0 aliphatic carbocycles. The zero-order valence-electron chi connectivity index (χ0n) is 11.4. The summed E-state index contributed by atoms with van der Waals surface area (Å²) in [5.74, 6) is -3.83. The largest absolute Gasteiger partial charge is 0.542 e. The molecule has 0 aliphatic rings. The average molecular weight is 349 g/mol. The number of thiazole rings is 1. The van der Waals surface area contributed by atoms with Gasteiger partial charge in [0.25, 0.3) is 0 Å². The molecule has 0 saturated carbocycles. The van der Waals surface area contributed by atoms with Crippen molar-refractivity contribution >= 4 is 23.3 Å². The summed E-state index contributed by atoms with van der Waals surface area (Å²) < 4.78 is 33.1. The predicted molar refractivity (Wildman–Crippen MR) is 68.9 cm³/mol. The summed E-state index contributed by atoms with van der Waals surface area (Å²) in [7, 11) is 0. The van der Waals surface area contributed by atoms with Gasteiger partial charge in [-0.3, -0.25) is 4.79 Å². The second-order valence-electron chi connectivity index (χ2n) is 3.98. The van der Waals surface area contributed by atoms with Crippen LogP contribution in [0.5, 0.6) is 0 Å². The Kier molecular flexibility index (Phi) is 6.57. The number of aromatic nitrogens is 3. The van der Waals surface area contributed by atoms with Crippen LogP contribution >= 0.6 is 11.3 Å². The van der Waals surface area contributed by atoms with E-state index in [0.717, 1.165) is 11.3 Å². The monoisotopic (exact) mass is 349 g/mol. The number of nitrogens with zero attached hydrogens (tertiary/aromatic N) is 3. The van der Waals surface area contributed by atoms with Gasteiger partial charge in [-0.15, -0.1) is 11.3 Å². The van der Waals surface area contributed by atoms with Crippen LogP contribution in [-0.2, 0) is 16.1 Å². The molecule has 2 aromatic heterocycles. The lowest BCUT2D eigenvalue weighted by atomic mass is 10.2. The van der Waals surface area contributed by atoms with Crippen molar-refractivity contribution in [1.82, 2.24) is 10.1 Å². The first-order valence-corrected chi connectivity index (χ1v) is 6.88. The van der Waals surface area contributed by atoms with E-state index in [-0.39, 0.29) is 6.42 Å². The van der Waals surface area contributed by atoms with Crippen LogP contribution in [0.2, 0.25) is 0 Å². The minimum Gasteiger partial charge on any atom is -0.542 e. The van der Waals surface area contributed by atoms with Crippen LogP contribution in [0.15, 0.2) is 29.4 Å². The van der Waals surface area contributed by atoms with Crippen LogP contribution in [0, 0.1) is 0 Å². The number of hydrogen-bond donors (Lipinski definition) is 1. The summed E-state index contributed by atoms with van der Waals surface area (Å²) in [6.07, 6.45) is -1.66. The van der Waals surface area contributed by atoms with E-state index in [0.29, 0.717) is 6.54 Å². The van der Waals surface area contributed by atoms with Crippen molar-refractivity contribution in [2.75, 3.05) is 0 Å². The number of carboxylic acid groups (broad SMARTS) is 2. The second-order valence-corrected chi connectivity index (χ2v) is 4.70. The number of carboxylic acids is 2. The fourth-order valence-corrected chi connectivity index (χ4v) is 1.79. The molecule has 2 rings (SSSR count). The lowest BCUT2D eigenvalue weighted by molar-refractivity contribution is -0.752. The van der Waals surface area contributed by atoms with Crippen molar-refractivity contribution in [3.05, 3.63) is 29.4 Å². The van der Waals surface area contributed by atoms with Gasteiger partial charge in [0, 0.05) is 17.0 Å². The van der Waals surface area contributed by atoms with E-state index in [1.807, 2.05) is 11.4 Å². The van der Waals surface area contributed by atoms with Gasteiger partial charge in [0.1, 0.15) is 18.6 Å². The molecule has 0 atom stereocenters. The average Bonchev–Trinajstić information content (AvgIpc) is 2.99. The molecule has 0 fully saturated rings. The Morgan fingerprint density at radius 1 is 1.39 bits per heavy atom. The third-order valence-corrected chi connectivity index (χ3v) is 2.87. The first kappa shape index (κ1) is 18.5. The van der Waals surface area contributed by atoms with E-state index in [1.165, 1.54) is 11.3 Å². The molecule has 0 amide bonds. The number of hydrogen-bond acceptors (Lipinski definition) is 6. The normalized spacial score (nSPS) is 10.6. The molecule has 23 heavy (non-hydrogen) atoms. The summed E-state index contributed by atoms with van der Waals surface area (Å²) >= 11 is 1.53. The van der Waals surface area contributed by atoms with Crippen molar-refractivity contribution in [2.45, 2.75) is 19.1 Å².